The molecule has 1 aromatic carbocycles. The Kier molecular flexibility index (Phi) is 2.76. The van der Waals surface area contributed by atoms with E-state index in [1.165, 1.54) is 4.68 Å². The minimum absolute atomic E-state index is 0.123. The van der Waals surface area contributed by atoms with Gasteiger partial charge in [0.15, 0.2) is 5.82 Å². The van der Waals surface area contributed by atoms with E-state index in [0.29, 0.717) is 5.82 Å². The molecule has 1 N–H and O–H groups in total. The van der Waals surface area contributed by atoms with Crippen molar-refractivity contribution in [3.8, 4) is 23.0 Å². The summed E-state index contributed by atoms with van der Waals surface area (Å²) in [7, 11) is 0. The van der Waals surface area contributed by atoms with E-state index in [-0.39, 0.29) is 5.88 Å². The van der Waals surface area contributed by atoms with Crippen molar-refractivity contribution >= 4 is 0 Å². The highest BCUT2D eigenvalue weighted by Gasteiger charge is 2.16. The molecule has 0 spiro atoms. The maximum absolute atomic E-state index is 10.2. The number of pyridine rings is 1. The third-order valence-corrected chi connectivity index (χ3v) is 3.00. The van der Waals surface area contributed by atoms with E-state index in [0.717, 1.165) is 16.8 Å². The molecule has 0 atom stereocenters. The summed E-state index contributed by atoms with van der Waals surface area (Å²) >= 11 is 0. The summed E-state index contributed by atoms with van der Waals surface area (Å²) in [5, 5.41) is 14.6. The topological polar surface area (TPSA) is 50.9 Å². The molecular formula is C15H13N3O. The molecule has 0 saturated carbocycles. The molecule has 4 nitrogen and oxygen atoms in total. The van der Waals surface area contributed by atoms with Gasteiger partial charge in [0.2, 0.25) is 5.88 Å². The SMILES string of the molecule is Cc1c(-c2ccccc2)nn(-c2ccccn2)c1O. The molecule has 3 rings (SSSR count). The first kappa shape index (κ1) is 11.5. The molecule has 3 aromatic rings. The van der Waals surface area contributed by atoms with Crippen molar-refractivity contribution in [2.75, 3.05) is 0 Å². The van der Waals surface area contributed by atoms with Gasteiger partial charge in [-0.1, -0.05) is 36.4 Å². The van der Waals surface area contributed by atoms with Gasteiger partial charge in [0.1, 0.15) is 0 Å². The van der Waals surface area contributed by atoms with Gasteiger partial charge in [-0.15, -0.1) is 0 Å². The average molecular weight is 251 g/mol. The number of benzene rings is 1. The zero-order valence-corrected chi connectivity index (χ0v) is 10.5. The van der Waals surface area contributed by atoms with Crippen molar-refractivity contribution in [3.05, 3.63) is 60.3 Å². The zero-order valence-electron chi connectivity index (χ0n) is 10.5. The average Bonchev–Trinajstić information content (AvgIpc) is 2.77. The first-order valence-electron chi connectivity index (χ1n) is 6.03. The van der Waals surface area contributed by atoms with Crippen molar-refractivity contribution in [2.45, 2.75) is 6.92 Å². The van der Waals surface area contributed by atoms with E-state index in [4.69, 9.17) is 0 Å². The van der Waals surface area contributed by atoms with Crippen LogP contribution in [0.2, 0.25) is 0 Å². The summed E-state index contributed by atoms with van der Waals surface area (Å²) in [6, 6.07) is 15.3. The van der Waals surface area contributed by atoms with E-state index in [9.17, 15) is 5.11 Å². The molecule has 94 valence electrons. The number of hydrogen-bond donors (Lipinski definition) is 1. The Morgan fingerprint density at radius 1 is 1.00 bits per heavy atom. The lowest BCUT2D eigenvalue weighted by Crippen LogP contribution is -1.98. The zero-order chi connectivity index (χ0) is 13.2. The van der Waals surface area contributed by atoms with Crippen molar-refractivity contribution < 1.29 is 5.11 Å². The predicted octanol–water partition coefficient (Wildman–Crippen LogP) is 2.95. The molecule has 2 heterocycles. The molecule has 0 unspecified atom stereocenters. The van der Waals surface area contributed by atoms with E-state index >= 15 is 0 Å². The van der Waals surface area contributed by atoms with E-state index in [2.05, 4.69) is 10.1 Å². The lowest BCUT2D eigenvalue weighted by molar-refractivity contribution is 0.428. The molecule has 0 aliphatic carbocycles. The van der Waals surface area contributed by atoms with E-state index in [1.54, 1.807) is 12.3 Å². The van der Waals surface area contributed by atoms with Crippen LogP contribution in [0, 0.1) is 6.92 Å². The van der Waals surface area contributed by atoms with Crippen molar-refractivity contribution in [2.24, 2.45) is 0 Å². The Morgan fingerprint density at radius 2 is 1.74 bits per heavy atom. The van der Waals surface area contributed by atoms with Gasteiger partial charge >= 0.3 is 0 Å². The highest BCUT2D eigenvalue weighted by molar-refractivity contribution is 5.65. The molecule has 0 aliphatic rings. The maximum atomic E-state index is 10.2. The third-order valence-electron chi connectivity index (χ3n) is 3.00. The van der Waals surface area contributed by atoms with Crippen LogP contribution in [0.15, 0.2) is 54.7 Å². The van der Waals surface area contributed by atoms with Crippen molar-refractivity contribution in [1.82, 2.24) is 14.8 Å². The number of hydrogen-bond acceptors (Lipinski definition) is 3. The van der Waals surface area contributed by atoms with Crippen LogP contribution in [0.3, 0.4) is 0 Å². The van der Waals surface area contributed by atoms with E-state index < -0.39 is 0 Å². The molecule has 0 saturated heterocycles. The second-order valence-electron chi connectivity index (χ2n) is 4.26. The fourth-order valence-corrected chi connectivity index (χ4v) is 2.00. The summed E-state index contributed by atoms with van der Waals surface area (Å²) in [6.45, 7) is 1.85. The minimum atomic E-state index is 0.123. The predicted molar refractivity (Wildman–Crippen MR) is 73.2 cm³/mol. The lowest BCUT2D eigenvalue weighted by atomic mass is 10.1. The third kappa shape index (κ3) is 1.97. The van der Waals surface area contributed by atoms with Gasteiger partial charge in [0.05, 0.1) is 5.69 Å². The quantitative estimate of drug-likeness (QED) is 0.761. The second-order valence-corrected chi connectivity index (χ2v) is 4.26. The Morgan fingerprint density at radius 3 is 2.42 bits per heavy atom. The molecule has 0 aliphatic heterocycles. The van der Waals surface area contributed by atoms with Gasteiger partial charge < -0.3 is 5.11 Å². The molecule has 0 radical (unpaired) electrons. The highest BCUT2D eigenvalue weighted by atomic mass is 16.3. The summed E-state index contributed by atoms with van der Waals surface area (Å²) in [5.74, 6) is 0.725. The standard InChI is InChI=1S/C15H13N3O/c1-11-14(12-7-3-2-4-8-12)17-18(15(11)19)13-9-5-6-10-16-13/h2-10,19H,1H3. The van der Waals surface area contributed by atoms with Gasteiger partial charge in [-0.3, -0.25) is 0 Å². The van der Waals surface area contributed by atoms with Crippen LogP contribution in [-0.2, 0) is 0 Å². The van der Waals surface area contributed by atoms with Crippen LogP contribution in [0.5, 0.6) is 5.88 Å². The van der Waals surface area contributed by atoms with Crippen molar-refractivity contribution in [1.29, 1.82) is 0 Å². The summed E-state index contributed by atoms with van der Waals surface area (Å²) < 4.78 is 1.46. The number of aromatic hydroxyl groups is 1. The Balaban J connectivity index is 2.16. The first-order valence-corrected chi connectivity index (χ1v) is 6.03. The Bertz CT molecular complexity index is 630. The molecular weight excluding hydrogens is 238 g/mol. The minimum Gasteiger partial charge on any atom is -0.493 e. The fourth-order valence-electron chi connectivity index (χ4n) is 2.00. The Hall–Kier alpha value is -2.62. The first-order chi connectivity index (χ1) is 9.27. The number of rotatable bonds is 2. The number of aromatic nitrogens is 3. The molecule has 0 fully saturated rings. The van der Waals surface area contributed by atoms with Crippen molar-refractivity contribution in [3.63, 3.8) is 0 Å². The monoisotopic (exact) mass is 251 g/mol. The second kappa shape index (κ2) is 4.57. The van der Waals surface area contributed by atoms with E-state index in [1.807, 2.05) is 49.4 Å². The van der Waals surface area contributed by atoms with Gasteiger partial charge in [0.25, 0.3) is 0 Å². The van der Waals surface area contributed by atoms with Crippen LogP contribution in [-0.4, -0.2) is 19.9 Å². The van der Waals surface area contributed by atoms with Gasteiger partial charge in [0, 0.05) is 17.3 Å². The normalized spacial score (nSPS) is 10.6. The maximum Gasteiger partial charge on any atom is 0.219 e. The molecule has 2 aromatic heterocycles. The van der Waals surface area contributed by atoms with Crippen LogP contribution in [0.1, 0.15) is 5.56 Å². The summed E-state index contributed by atoms with van der Waals surface area (Å²) in [5.41, 5.74) is 2.49. The molecule has 0 amide bonds. The number of nitrogens with zero attached hydrogens (tertiary/aromatic N) is 3. The van der Waals surface area contributed by atoms with Gasteiger partial charge in [-0.05, 0) is 19.1 Å². The molecule has 4 heteroatoms. The summed E-state index contributed by atoms with van der Waals surface area (Å²) in [6.07, 6.45) is 1.67. The van der Waals surface area contributed by atoms with Crippen LogP contribution in [0.4, 0.5) is 0 Å². The molecule has 0 bridgehead atoms. The molecule has 19 heavy (non-hydrogen) atoms. The van der Waals surface area contributed by atoms with Gasteiger partial charge in [-0.2, -0.15) is 9.78 Å². The largest absolute Gasteiger partial charge is 0.493 e. The highest BCUT2D eigenvalue weighted by Crippen LogP contribution is 2.30. The van der Waals surface area contributed by atoms with Crippen LogP contribution in [0.25, 0.3) is 17.1 Å². The fraction of sp³-hybridized carbons (Fsp3) is 0.0667. The van der Waals surface area contributed by atoms with Crippen LogP contribution < -0.4 is 0 Å². The summed E-state index contributed by atoms with van der Waals surface area (Å²) in [4.78, 5) is 4.20. The lowest BCUT2D eigenvalue weighted by Gasteiger charge is -2.00. The van der Waals surface area contributed by atoms with Gasteiger partial charge in [-0.25, -0.2) is 4.98 Å². The smallest absolute Gasteiger partial charge is 0.219 e. The van der Waals surface area contributed by atoms with Crippen LogP contribution >= 0.6 is 0 Å². The Labute approximate surface area is 111 Å².